The fourth-order valence-electron chi connectivity index (χ4n) is 3.86. The Bertz CT molecular complexity index is 500. The highest BCUT2D eigenvalue weighted by atomic mass is 32.2. The number of piperidine rings is 1. The first-order valence-electron chi connectivity index (χ1n) is 6.71. The molecule has 19 heavy (non-hydrogen) atoms. The van der Waals surface area contributed by atoms with E-state index in [2.05, 4.69) is 0 Å². The van der Waals surface area contributed by atoms with Crippen LogP contribution in [0.3, 0.4) is 0 Å². The van der Waals surface area contributed by atoms with E-state index in [4.69, 9.17) is 0 Å². The number of sulfonamides is 1. The number of amides is 2. The molecule has 0 radical (unpaired) electrons. The topological polar surface area (TPSA) is 74.8 Å². The predicted molar refractivity (Wildman–Crippen MR) is 67.6 cm³/mol. The Morgan fingerprint density at radius 2 is 1.42 bits per heavy atom. The van der Waals surface area contributed by atoms with E-state index < -0.39 is 10.0 Å². The van der Waals surface area contributed by atoms with Gasteiger partial charge in [0.2, 0.25) is 21.8 Å². The summed E-state index contributed by atoms with van der Waals surface area (Å²) in [4.78, 5) is 24.9. The van der Waals surface area contributed by atoms with Crippen LogP contribution in [0.1, 0.15) is 38.5 Å². The first-order chi connectivity index (χ1) is 8.88. The number of hydrogen-bond donors (Lipinski definition) is 0. The Kier molecular flexibility index (Phi) is 2.94. The number of hydrogen-bond acceptors (Lipinski definition) is 4. The average Bonchev–Trinajstić information content (AvgIpc) is 2.77. The molecule has 6 nitrogen and oxygen atoms in total. The maximum atomic E-state index is 11.8. The van der Waals surface area contributed by atoms with E-state index in [0.29, 0.717) is 25.7 Å². The van der Waals surface area contributed by atoms with Gasteiger partial charge in [-0.1, -0.05) is 0 Å². The van der Waals surface area contributed by atoms with E-state index in [-0.39, 0.29) is 29.9 Å². The third-order valence-electron chi connectivity index (χ3n) is 4.48. The van der Waals surface area contributed by atoms with E-state index in [9.17, 15) is 18.0 Å². The van der Waals surface area contributed by atoms with E-state index >= 15 is 0 Å². The highest BCUT2D eigenvalue weighted by Crippen LogP contribution is 2.40. The Hall–Kier alpha value is -0.950. The van der Waals surface area contributed by atoms with Gasteiger partial charge in [0.05, 0.1) is 6.26 Å². The van der Waals surface area contributed by atoms with Crippen molar-refractivity contribution in [3.8, 4) is 0 Å². The normalized spacial score (nSPS) is 36.3. The van der Waals surface area contributed by atoms with Crippen molar-refractivity contribution in [1.29, 1.82) is 0 Å². The highest BCUT2D eigenvalue weighted by molar-refractivity contribution is 7.88. The summed E-state index contributed by atoms with van der Waals surface area (Å²) in [5.41, 5.74) is 0. The summed E-state index contributed by atoms with van der Waals surface area (Å²) in [5.74, 6) is -0.190. The lowest BCUT2D eigenvalue weighted by Gasteiger charge is -2.39. The molecule has 0 aromatic heterocycles. The third kappa shape index (κ3) is 2.08. The van der Waals surface area contributed by atoms with Gasteiger partial charge >= 0.3 is 0 Å². The summed E-state index contributed by atoms with van der Waals surface area (Å²) >= 11 is 0. The minimum Gasteiger partial charge on any atom is -0.279 e. The van der Waals surface area contributed by atoms with Gasteiger partial charge in [0.25, 0.3) is 0 Å². The monoisotopic (exact) mass is 286 g/mol. The largest absolute Gasteiger partial charge is 0.279 e. The van der Waals surface area contributed by atoms with Crippen LogP contribution in [-0.4, -0.2) is 53.8 Å². The van der Waals surface area contributed by atoms with Crippen molar-refractivity contribution in [3.63, 3.8) is 0 Å². The highest BCUT2D eigenvalue weighted by Gasteiger charge is 2.49. The van der Waals surface area contributed by atoms with Crippen molar-refractivity contribution in [2.45, 2.75) is 56.7 Å². The summed E-state index contributed by atoms with van der Waals surface area (Å²) in [5, 5.41) is 0. The van der Waals surface area contributed by atoms with Crippen molar-refractivity contribution in [2.24, 2.45) is 0 Å². The minimum atomic E-state index is -3.19. The standard InChI is InChI=1S/C12H18N2O4S/c1-19(17,18)14-8-2-3-9(14)7-10(6-8)13-11(15)4-5-12(13)16/h8-10H,2-7H2,1H3. The van der Waals surface area contributed by atoms with Gasteiger partial charge < -0.3 is 0 Å². The van der Waals surface area contributed by atoms with E-state index in [1.165, 1.54) is 11.2 Å². The number of nitrogens with zero attached hydrogens (tertiary/aromatic N) is 2. The first kappa shape index (κ1) is 13.1. The Balaban J connectivity index is 1.81. The second-order valence-electron chi connectivity index (χ2n) is 5.76. The second kappa shape index (κ2) is 4.28. The molecule has 3 fully saturated rings. The molecule has 0 aliphatic carbocycles. The second-order valence-corrected chi connectivity index (χ2v) is 7.65. The molecule has 106 valence electrons. The molecular weight excluding hydrogens is 268 g/mol. The molecule has 0 spiro atoms. The van der Waals surface area contributed by atoms with Crippen LogP contribution in [-0.2, 0) is 19.6 Å². The van der Waals surface area contributed by atoms with Gasteiger partial charge in [-0.3, -0.25) is 14.5 Å². The van der Waals surface area contributed by atoms with E-state index in [1.54, 1.807) is 4.31 Å². The zero-order valence-corrected chi connectivity index (χ0v) is 11.7. The van der Waals surface area contributed by atoms with Crippen LogP contribution in [0.25, 0.3) is 0 Å². The first-order valence-corrected chi connectivity index (χ1v) is 8.56. The van der Waals surface area contributed by atoms with E-state index in [1.807, 2.05) is 0 Å². The van der Waals surface area contributed by atoms with Crippen molar-refractivity contribution in [3.05, 3.63) is 0 Å². The zero-order valence-electron chi connectivity index (χ0n) is 10.9. The van der Waals surface area contributed by atoms with Crippen LogP contribution in [0.4, 0.5) is 0 Å². The van der Waals surface area contributed by atoms with Crippen molar-refractivity contribution < 1.29 is 18.0 Å². The smallest absolute Gasteiger partial charge is 0.229 e. The van der Waals surface area contributed by atoms with Gasteiger partial charge in [0.15, 0.2) is 0 Å². The van der Waals surface area contributed by atoms with Crippen molar-refractivity contribution in [1.82, 2.24) is 9.21 Å². The van der Waals surface area contributed by atoms with Crippen LogP contribution >= 0.6 is 0 Å². The minimum absolute atomic E-state index is 0.0417. The molecule has 3 aliphatic heterocycles. The molecular formula is C12H18N2O4S. The number of likely N-dealkylation sites (tertiary alicyclic amines) is 1. The predicted octanol–water partition coefficient (Wildman–Crippen LogP) is 0.0904. The fraction of sp³-hybridized carbons (Fsp3) is 0.833. The average molecular weight is 286 g/mol. The number of carbonyl (C=O) groups is 2. The van der Waals surface area contributed by atoms with E-state index in [0.717, 1.165) is 12.8 Å². The van der Waals surface area contributed by atoms with Crippen molar-refractivity contribution >= 4 is 21.8 Å². The Labute approximate surface area is 112 Å². The fourth-order valence-corrected chi connectivity index (χ4v) is 5.32. The SMILES string of the molecule is CS(=O)(=O)N1C2CCC1CC(N1C(=O)CCC1=O)C2. The molecule has 2 bridgehead atoms. The van der Waals surface area contributed by atoms with Gasteiger partial charge in [0.1, 0.15) is 0 Å². The molecule has 0 saturated carbocycles. The van der Waals surface area contributed by atoms with Crippen LogP contribution in [0, 0.1) is 0 Å². The van der Waals surface area contributed by atoms with Crippen LogP contribution in [0.5, 0.6) is 0 Å². The molecule has 3 saturated heterocycles. The molecule has 3 rings (SSSR count). The number of imide groups is 1. The van der Waals surface area contributed by atoms with Crippen molar-refractivity contribution in [2.75, 3.05) is 6.26 Å². The van der Waals surface area contributed by atoms with Gasteiger partial charge in [-0.05, 0) is 25.7 Å². The summed E-state index contributed by atoms with van der Waals surface area (Å²) in [7, 11) is -3.19. The molecule has 0 aromatic carbocycles. The third-order valence-corrected chi connectivity index (χ3v) is 5.84. The summed E-state index contributed by atoms with van der Waals surface area (Å²) < 4.78 is 25.2. The van der Waals surface area contributed by atoms with Crippen LogP contribution < -0.4 is 0 Å². The lowest BCUT2D eigenvalue weighted by Crippen LogP contribution is -2.53. The van der Waals surface area contributed by atoms with Gasteiger partial charge in [-0.25, -0.2) is 8.42 Å². The molecule has 2 unspecified atom stereocenters. The maximum absolute atomic E-state index is 11.8. The quantitative estimate of drug-likeness (QED) is 0.674. The van der Waals surface area contributed by atoms with Crippen LogP contribution in [0.15, 0.2) is 0 Å². The number of carbonyl (C=O) groups excluding carboxylic acids is 2. The number of rotatable bonds is 2. The lowest BCUT2D eigenvalue weighted by molar-refractivity contribution is -0.142. The molecule has 0 N–H and O–H groups in total. The summed E-state index contributed by atoms with van der Waals surface area (Å²) in [6, 6.07) is -0.183. The molecule has 2 atom stereocenters. The summed E-state index contributed by atoms with van der Waals surface area (Å²) in [6.45, 7) is 0. The lowest BCUT2D eigenvalue weighted by atomic mass is 9.98. The maximum Gasteiger partial charge on any atom is 0.229 e. The summed E-state index contributed by atoms with van der Waals surface area (Å²) in [6.07, 6.45) is 4.72. The molecule has 2 amide bonds. The molecule has 3 aliphatic rings. The number of fused-ring (bicyclic) bond motifs is 2. The molecule has 0 aromatic rings. The van der Waals surface area contributed by atoms with Gasteiger partial charge in [0, 0.05) is 31.0 Å². The Morgan fingerprint density at radius 3 is 1.84 bits per heavy atom. The molecule has 3 heterocycles. The van der Waals surface area contributed by atoms with Gasteiger partial charge in [-0.2, -0.15) is 4.31 Å². The van der Waals surface area contributed by atoms with Gasteiger partial charge in [-0.15, -0.1) is 0 Å². The molecule has 7 heteroatoms. The Morgan fingerprint density at radius 1 is 0.947 bits per heavy atom. The van der Waals surface area contributed by atoms with Crippen LogP contribution in [0.2, 0.25) is 0 Å². The zero-order chi connectivity index (χ0) is 13.8.